The number of aromatic nitrogens is 1. The van der Waals surface area contributed by atoms with E-state index in [0.717, 1.165) is 0 Å². The van der Waals surface area contributed by atoms with Gasteiger partial charge < -0.3 is 9.90 Å². The summed E-state index contributed by atoms with van der Waals surface area (Å²) in [6.07, 6.45) is 2.75. The third-order valence-corrected chi connectivity index (χ3v) is 0.897. The Hall–Kier alpha value is -0.315. The molecule has 1 aromatic heterocycles. The van der Waals surface area contributed by atoms with E-state index in [9.17, 15) is 9.90 Å². The maximum Gasteiger partial charge on any atom is 1.00 e. The zero-order valence-corrected chi connectivity index (χ0v) is 7.57. The van der Waals surface area contributed by atoms with E-state index in [1.807, 2.05) is 0 Å². The maximum atomic E-state index is 10.0. The van der Waals surface area contributed by atoms with E-state index in [1.165, 1.54) is 18.5 Å². The molecule has 0 spiro atoms. The Labute approximate surface area is 88.7 Å². The predicted octanol–water partition coefficient (Wildman–Crippen LogP) is -4.73. The molecule has 0 unspecified atom stereocenters. The third kappa shape index (κ3) is 4.19. The molecule has 0 aliphatic carbocycles. The fraction of sp³-hybridized carbons (Fsp3) is 0. The summed E-state index contributed by atoms with van der Waals surface area (Å²) >= 11 is 0. The molecule has 0 radical (unpaired) electrons. The fourth-order valence-corrected chi connectivity index (χ4v) is 0.484. The number of rotatable bonds is 1. The van der Waals surface area contributed by atoms with Crippen molar-refractivity contribution in [3.63, 3.8) is 0 Å². The van der Waals surface area contributed by atoms with Crippen LogP contribution in [-0.2, 0) is 0 Å². The van der Waals surface area contributed by atoms with Gasteiger partial charge in [0.1, 0.15) is 0 Å². The van der Waals surface area contributed by atoms with E-state index in [2.05, 4.69) is 4.98 Å². The SMILES string of the molecule is B.O=C([O-])c1cccnc1.[Na+]. The summed E-state index contributed by atoms with van der Waals surface area (Å²) in [6, 6.07) is 2.98. The Bertz CT molecular complexity index is 217. The predicted molar refractivity (Wildman–Crippen MR) is 38.5 cm³/mol. The number of carbonyl (C=O) groups is 1. The zero-order valence-electron chi connectivity index (χ0n) is 5.57. The standard InChI is InChI=1S/C6H5NO2.BH3.Na/c8-6(9)5-2-1-3-7-4-5;;/h1-4H,(H,8,9);1H3;/q;;+1/p-1. The van der Waals surface area contributed by atoms with Crippen LogP contribution in [0.2, 0.25) is 0 Å². The van der Waals surface area contributed by atoms with E-state index >= 15 is 0 Å². The third-order valence-electron chi connectivity index (χ3n) is 0.897. The van der Waals surface area contributed by atoms with Gasteiger partial charge in [0, 0.05) is 18.0 Å². The van der Waals surface area contributed by atoms with Gasteiger partial charge in [-0.25, -0.2) is 0 Å². The van der Waals surface area contributed by atoms with Crippen molar-refractivity contribution in [3.8, 4) is 0 Å². The van der Waals surface area contributed by atoms with Crippen molar-refractivity contribution in [2.45, 2.75) is 0 Å². The molecule has 0 bridgehead atoms. The molecule has 11 heavy (non-hydrogen) atoms. The number of aromatic carboxylic acids is 1. The Kier molecular flexibility index (Phi) is 7.73. The van der Waals surface area contributed by atoms with Gasteiger partial charge in [0.25, 0.3) is 0 Å². The van der Waals surface area contributed by atoms with Gasteiger partial charge >= 0.3 is 29.6 Å². The van der Waals surface area contributed by atoms with Crippen molar-refractivity contribution in [2.24, 2.45) is 0 Å². The molecule has 0 aliphatic heterocycles. The molecule has 3 nitrogen and oxygen atoms in total. The number of hydrogen-bond donors (Lipinski definition) is 0. The van der Waals surface area contributed by atoms with Gasteiger partial charge in [0.2, 0.25) is 0 Å². The van der Waals surface area contributed by atoms with Gasteiger partial charge in [0.15, 0.2) is 0 Å². The molecular formula is C6H7BNNaO2. The van der Waals surface area contributed by atoms with Gasteiger partial charge in [0.05, 0.1) is 14.4 Å². The van der Waals surface area contributed by atoms with Crippen LogP contribution in [0.15, 0.2) is 24.5 Å². The number of carboxylic acids is 1. The van der Waals surface area contributed by atoms with Crippen molar-refractivity contribution in [2.75, 3.05) is 0 Å². The molecule has 52 valence electrons. The minimum absolute atomic E-state index is 0. The van der Waals surface area contributed by atoms with Gasteiger partial charge in [-0.15, -0.1) is 0 Å². The first-order chi connectivity index (χ1) is 4.30. The summed E-state index contributed by atoms with van der Waals surface area (Å²) in [7, 11) is 0. The smallest absolute Gasteiger partial charge is 0.545 e. The molecule has 0 atom stereocenters. The minimum Gasteiger partial charge on any atom is -0.545 e. The van der Waals surface area contributed by atoms with Crippen LogP contribution in [0.5, 0.6) is 0 Å². The first-order valence-corrected chi connectivity index (χ1v) is 2.42. The van der Waals surface area contributed by atoms with Crippen molar-refractivity contribution in [3.05, 3.63) is 30.1 Å². The molecule has 0 aliphatic rings. The second-order valence-corrected chi connectivity index (χ2v) is 1.53. The molecular weight excluding hydrogens is 152 g/mol. The molecule has 0 saturated heterocycles. The van der Waals surface area contributed by atoms with Crippen LogP contribution in [0, 0.1) is 0 Å². The van der Waals surface area contributed by atoms with Crippen molar-refractivity contribution in [1.29, 1.82) is 0 Å². The average Bonchev–Trinajstić information content (AvgIpc) is 1.90. The Morgan fingerprint density at radius 2 is 2.18 bits per heavy atom. The van der Waals surface area contributed by atoms with Crippen LogP contribution in [0.1, 0.15) is 10.4 Å². The van der Waals surface area contributed by atoms with E-state index in [1.54, 1.807) is 6.07 Å². The number of carboxylic acid groups (broad SMARTS) is 1. The number of carbonyl (C=O) groups excluding carboxylic acids is 1. The molecule has 1 rings (SSSR count). The van der Waals surface area contributed by atoms with Crippen molar-refractivity contribution < 1.29 is 39.5 Å². The van der Waals surface area contributed by atoms with E-state index in [0.29, 0.717) is 0 Å². The molecule has 1 aromatic rings. The molecule has 0 aromatic carbocycles. The van der Waals surface area contributed by atoms with Crippen molar-refractivity contribution in [1.82, 2.24) is 4.98 Å². The summed E-state index contributed by atoms with van der Waals surface area (Å²) in [5.41, 5.74) is 0.109. The van der Waals surface area contributed by atoms with Crippen LogP contribution in [-0.4, -0.2) is 19.4 Å². The van der Waals surface area contributed by atoms with Crippen LogP contribution < -0.4 is 34.7 Å². The molecule has 1 heterocycles. The van der Waals surface area contributed by atoms with E-state index in [-0.39, 0.29) is 43.5 Å². The average molecular weight is 159 g/mol. The first-order valence-electron chi connectivity index (χ1n) is 2.42. The summed E-state index contributed by atoms with van der Waals surface area (Å²) in [6.45, 7) is 0. The number of hydrogen-bond acceptors (Lipinski definition) is 3. The summed E-state index contributed by atoms with van der Waals surface area (Å²) < 4.78 is 0. The number of nitrogens with zero attached hydrogens (tertiary/aromatic N) is 1. The second kappa shape index (κ2) is 6.40. The molecule has 0 amide bonds. The Balaban J connectivity index is 0. The molecule has 0 N–H and O–H groups in total. The van der Waals surface area contributed by atoms with Crippen LogP contribution in [0.25, 0.3) is 0 Å². The fourth-order valence-electron chi connectivity index (χ4n) is 0.484. The van der Waals surface area contributed by atoms with Crippen LogP contribution in [0.4, 0.5) is 0 Å². The monoisotopic (exact) mass is 159 g/mol. The maximum absolute atomic E-state index is 10.0. The van der Waals surface area contributed by atoms with Gasteiger partial charge in [-0.05, 0) is 6.07 Å². The van der Waals surface area contributed by atoms with E-state index < -0.39 is 5.97 Å². The van der Waals surface area contributed by atoms with Gasteiger partial charge in [-0.1, -0.05) is 6.07 Å². The summed E-state index contributed by atoms with van der Waals surface area (Å²) in [5, 5.41) is 10.0. The normalized spacial score (nSPS) is 7.27. The van der Waals surface area contributed by atoms with E-state index in [4.69, 9.17) is 0 Å². The second-order valence-electron chi connectivity index (χ2n) is 1.53. The van der Waals surface area contributed by atoms with Crippen LogP contribution >= 0.6 is 0 Å². The Morgan fingerprint density at radius 1 is 1.55 bits per heavy atom. The summed E-state index contributed by atoms with van der Waals surface area (Å²) in [5.74, 6) is -1.19. The molecule has 0 fully saturated rings. The molecule has 0 saturated carbocycles. The first kappa shape index (κ1) is 13.3. The zero-order chi connectivity index (χ0) is 6.69. The largest absolute Gasteiger partial charge is 1.00 e. The minimum atomic E-state index is -1.19. The Morgan fingerprint density at radius 3 is 2.45 bits per heavy atom. The number of pyridine rings is 1. The quantitative estimate of drug-likeness (QED) is 0.386. The van der Waals surface area contributed by atoms with Gasteiger partial charge in [-0.3, -0.25) is 4.98 Å². The van der Waals surface area contributed by atoms with Crippen molar-refractivity contribution >= 4 is 14.4 Å². The topological polar surface area (TPSA) is 53.0 Å². The molecule has 5 heteroatoms. The van der Waals surface area contributed by atoms with Gasteiger partial charge in [-0.2, -0.15) is 0 Å². The summed E-state index contributed by atoms with van der Waals surface area (Å²) in [4.78, 5) is 13.6. The van der Waals surface area contributed by atoms with Crippen LogP contribution in [0.3, 0.4) is 0 Å².